The first kappa shape index (κ1) is 11.5. The van der Waals surface area contributed by atoms with E-state index in [0.717, 1.165) is 18.5 Å². The summed E-state index contributed by atoms with van der Waals surface area (Å²) in [6.07, 6.45) is 2.10. The Labute approximate surface area is 89.5 Å². The van der Waals surface area contributed by atoms with E-state index in [1.165, 1.54) is 12.1 Å². The maximum absolute atomic E-state index is 10.4. The molecule has 4 heteroatoms. The molecule has 1 N–H and O–H groups in total. The van der Waals surface area contributed by atoms with Crippen LogP contribution in [-0.2, 0) is 0 Å². The molecule has 0 unspecified atom stereocenters. The Morgan fingerprint density at radius 1 is 1.27 bits per heavy atom. The standard InChI is InChI=1S/C11H16N2O2/c1-3-9(4-2)12-10-5-7-11(8-6-10)13(14)15/h5-9,12H,3-4H2,1-2H3. The van der Waals surface area contributed by atoms with Crippen LogP contribution in [-0.4, -0.2) is 11.0 Å². The summed E-state index contributed by atoms with van der Waals surface area (Å²) in [5.74, 6) is 0. The quantitative estimate of drug-likeness (QED) is 0.597. The van der Waals surface area contributed by atoms with Crippen LogP contribution in [0.4, 0.5) is 11.4 Å². The lowest BCUT2D eigenvalue weighted by molar-refractivity contribution is -0.384. The van der Waals surface area contributed by atoms with E-state index in [4.69, 9.17) is 0 Å². The molecule has 0 radical (unpaired) electrons. The van der Waals surface area contributed by atoms with Gasteiger partial charge in [-0.1, -0.05) is 13.8 Å². The highest BCUT2D eigenvalue weighted by molar-refractivity contribution is 5.49. The van der Waals surface area contributed by atoms with Gasteiger partial charge >= 0.3 is 0 Å². The average molecular weight is 208 g/mol. The number of non-ortho nitro benzene ring substituents is 1. The second-order valence-electron chi connectivity index (χ2n) is 3.46. The highest BCUT2D eigenvalue weighted by Crippen LogP contribution is 2.17. The molecule has 0 heterocycles. The van der Waals surface area contributed by atoms with Crippen molar-refractivity contribution in [1.82, 2.24) is 0 Å². The van der Waals surface area contributed by atoms with E-state index in [1.54, 1.807) is 12.1 Å². The zero-order valence-corrected chi connectivity index (χ0v) is 9.06. The van der Waals surface area contributed by atoms with Crippen molar-refractivity contribution in [2.45, 2.75) is 32.7 Å². The predicted octanol–water partition coefficient (Wildman–Crippen LogP) is 3.20. The molecular formula is C11H16N2O2. The van der Waals surface area contributed by atoms with Crippen molar-refractivity contribution in [1.29, 1.82) is 0 Å². The van der Waals surface area contributed by atoms with Crippen molar-refractivity contribution in [3.63, 3.8) is 0 Å². The van der Waals surface area contributed by atoms with Gasteiger partial charge in [0.25, 0.3) is 5.69 Å². The van der Waals surface area contributed by atoms with E-state index in [9.17, 15) is 10.1 Å². The largest absolute Gasteiger partial charge is 0.382 e. The zero-order valence-electron chi connectivity index (χ0n) is 9.06. The van der Waals surface area contributed by atoms with Crippen LogP contribution < -0.4 is 5.32 Å². The van der Waals surface area contributed by atoms with Crippen LogP contribution in [0.1, 0.15) is 26.7 Å². The summed E-state index contributed by atoms with van der Waals surface area (Å²) in [5, 5.41) is 13.8. The fourth-order valence-electron chi connectivity index (χ4n) is 1.41. The van der Waals surface area contributed by atoms with Gasteiger partial charge in [0.05, 0.1) is 4.92 Å². The van der Waals surface area contributed by atoms with Gasteiger partial charge in [-0.25, -0.2) is 0 Å². The lowest BCUT2D eigenvalue weighted by Gasteiger charge is -2.15. The van der Waals surface area contributed by atoms with Crippen molar-refractivity contribution in [3.05, 3.63) is 34.4 Å². The summed E-state index contributed by atoms with van der Waals surface area (Å²) >= 11 is 0. The Hall–Kier alpha value is -1.58. The minimum atomic E-state index is -0.388. The van der Waals surface area contributed by atoms with Crippen LogP contribution in [0, 0.1) is 10.1 Å². The summed E-state index contributed by atoms with van der Waals surface area (Å²) in [5.41, 5.74) is 1.07. The number of nitro groups is 1. The molecule has 0 saturated heterocycles. The Balaban J connectivity index is 2.67. The lowest BCUT2D eigenvalue weighted by atomic mass is 10.1. The molecule has 0 saturated carbocycles. The van der Waals surface area contributed by atoms with Crippen LogP contribution >= 0.6 is 0 Å². The third-order valence-electron chi connectivity index (χ3n) is 2.43. The highest BCUT2D eigenvalue weighted by Gasteiger charge is 2.06. The van der Waals surface area contributed by atoms with Crippen LogP contribution in [0.3, 0.4) is 0 Å². The molecule has 0 aliphatic rings. The zero-order chi connectivity index (χ0) is 11.3. The monoisotopic (exact) mass is 208 g/mol. The molecule has 4 nitrogen and oxygen atoms in total. The molecule has 0 atom stereocenters. The third-order valence-corrected chi connectivity index (χ3v) is 2.43. The first-order valence-electron chi connectivity index (χ1n) is 5.18. The van der Waals surface area contributed by atoms with Gasteiger partial charge in [0.2, 0.25) is 0 Å². The second kappa shape index (κ2) is 5.34. The number of nitrogens with zero attached hydrogens (tertiary/aromatic N) is 1. The molecule has 1 aromatic rings. The molecule has 0 bridgehead atoms. The van der Waals surface area contributed by atoms with E-state index in [2.05, 4.69) is 19.2 Å². The normalized spacial score (nSPS) is 10.3. The average Bonchev–Trinajstić information content (AvgIpc) is 2.26. The molecule has 0 aromatic heterocycles. The number of hydrogen-bond acceptors (Lipinski definition) is 3. The second-order valence-corrected chi connectivity index (χ2v) is 3.46. The summed E-state index contributed by atoms with van der Waals surface area (Å²) in [6.45, 7) is 4.24. The number of benzene rings is 1. The van der Waals surface area contributed by atoms with E-state index in [1.807, 2.05) is 0 Å². The van der Waals surface area contributed by atoms with Crippen molar-refractivity contribution < 1.29 is 4.92 Å². The number of hydrogen-bond donors (Lipinski definition) is 1. The Kier molecular flexibility index (Phi) is 4.09. The summed E-state index contributed by atoms with van der Waals surface area (Å²) in [7, 11) is 0. The van der Waals surface area contributed by atoms with Crippen molar-refractivity contribution in [2.75, 3.05) is 5.32 Å². The van der Waals surface area contributed by atoms with Crippen LogP contribution in [0.5, 0.6) is 0 Å². The predicted molar refractivity (Wildman–Crippen MR) is 61.1 cm³/mol. The van der Waals surface area contributed by atoms with Crippen LogP contribution in [0.2, 0.25) is 0 Å². The van der Waals surface area contributed by atoms with Gasteiger partial charge in [0.15, 0.2) is 0 Å². The highest BCUT2D eigenvalue weighted by atomic mass is 16.6. The van der Waals surface area contributed by atoms with Gasteiger partial charge in [0.1, 0.15) is 0 Å². The first-order valence-corrected chi connectivity index (χ1v) is 5.18. The molecule has 1 aromatic carbocycles. The topological polar surface area (TPSA) is 55.2 Å². The van der Waals surface area contributed by atoms with Crippen LogP contribution in [0.15, 0.2) is 24.3 Å². The Bertz CT molecular complexity index is 318. The van der Waals surface area contributed by atoms with Gasteiger partial charge < -0.3 is 5.32 Å². The van der Waals surface area contributed by atoms with Gasteiger partial charge in [-0.05, 0) is 25.0 Å². The van der Waals surface area contributed by atoms with E-state index >= 15 is 0 Å². The van der Waals surface area contributed by atoms with Gasteiger partial charge in [-0.3, -0.25) is 10.1 Å². The smallest absolute Gasteiger partial charge is 0.269 e. The third kappa shape index (κ3) is 3.23. The Morgan fingerprint density at radius 3 is 2.20 bits per heavy atom. The fraction of sp³-hybridized carbons (Fsp3) is 0.455. The SMILES string of the molecule is CCC(CC)Nc1ccc([N+](=O)[O-])cc1. The molecule has 0 fully saturated rings. The molecule has 0 amide bonds. The summed E-state index contributed by atoms with van der Waals surface area (Å²) in [4.78, 5) is 10.0. The van der Waals surface area contributed by atoms with Crippen molar-refractivity contribution in [3.8, 4) is 0 Å². The molecule has 0 aliphatic heterocycles. The number of rotatable bonds is 5. The maximum Gasteiger partial charge on any atom is 0.269 e. The number of nitro benzene ring substituents is 1. The fourth-order valence-corrected chi connectivity index (χ4v) is 1.41. The maximum atomic E-state index is 10.4. The van der Waals surface area contributed by atoms with Gasteiger partial charge in [0, 0.05) is 23.9 Å². The van der Waals surface area contributed by atoms with Gasteiger partial charge in [-0.15, -0.1) is 0 Å². The number of anilines is 1. The summed E-state index contributed by atoms with van der Waals surface area (Å²) in [6, 6.07) is 6.97. The molecule has 1 rings (SSSR count). The van der Waals surface area contributed by atoms with Crippen molar-refractivity contribution in [2.24, 2.45) is 0 Å². The molecule has 0 aliphatic carbocycles. The molecule has 15 heavy (non-hydrogen) atoms. The van der Waals surface area contributed by atoms with E-state index in [0.29, 0.717) is 6.04 Å². The van der Waals surface area contributed by atoms with Gasteiger partial charge in [-0.2, -0.15) is 0 Å². The van der Waals surface area contributed by atoms with Crippen molar-refractivity contribution >= 4 is 11.4 Å². The van der Waals surface area contributed by atoms with Crippen LogP contribution in [0.25, 0.3) is 0 Å². The minimum Gasteiger partial charge on any atom is -0.382 e. The minimum absolute atomic E-state index is 0.130. The number of nitrogens with one attached hydrogen (secondary N) is 1. The lowest BCUT2D eigenvalue weighted by Crippen LogP contribution is -2.16. The molecular weight excluding hydrogens is 192 g/mol. The molecule has 0 spiro atoms. The summed E-state index contributed by atoms with van der Waals surface area (Å²) < 4.78 is 0. The van der Waals surface area contributed by atoms with E-state index in [-0.39, 0.29) is 10.6 Å². The van der Waals surface area contributed by atoms with E-state index < -0.39 is 0 Å². The Morgan fingerprint density at radius 2 is 1.80 bits per heavy atom. The molecule has 82 valence electrons. The first-order chi connectivity index (χ1) is 7.17.